The molecule has 4 N–H and O–H groups in total. The summed E-state index contributed by atoms with van der Waals surface area (Å²) < 4.78 is 2.14. The smallest absolute Gasteiger partial charge is 0.219 e. The first-order valence-corrected chi connectivity index (χ1v) is 13.6. The first-order chi connectivity index (χ1) is 17.8. The number of aromatic nitrogens is 3. The van der Waals surface area contributed by atoms with Gasteiger partial charge in [0.1, 0.15) is 11.3 Å². The second-order valence-corrected chi connectivity index (χ2v) is 10.8. The summed E-state index contributed by atoms with van der Waals surface area (Å²) in [7, 11) is 0. The lowest BCUT2D eigenvalue weighted by atomic mass is 9.92. The number of fused-ring (bicyclic) bond motifs is 3. The number of unbranched alkanes of at least 4 members (excludes halogenated alkanes) is 1. The van der Waals surface area contributed by atoms with Gasteiger partial charge in [0.2, 0.25) is 5.91 Å². The number of aryl methyl sites for hydroxylation is 2. The Morgan fingerprint density at radius 3 is 2.46 bits per heavy atom. The molecule has 0 bridgehead atoms. The summed E-state index contributed by atoms with van der Waals surface area (Å²) >= 11 is 0. The average molecular weight is 511 g/mol. The predicted octanol–water partition coefficient (Wildman–Crippen LogP) is 2.60. The van der Waals surface area contributed by atoms with Crippen molar-refractivity contribution in [3.05, 3.63) is 29.6 Å². The van der Waals surface area contributed by atoms with Gasteiger partial charge in [-0.15, -0.1) is 0 Å². The maximum atomic E-state index is 11.6. The molecule has 3 heterocycles. The van der Waals surface area contributed by atoms with Crippen molar-refractivity contribution >= 4 is 33.7 Å². The van der Waals surface area contributed by atoms with E-state index in [2.05, 4.69) is 34.6 Å². The molecule has 4 rings (SSSR count). The van der Waals surface area contributed by atoms with Gasteiger partial charge in [-0.3, -0.25) is 9.69 Å². The number of imidazole rings is 1. The molecule has 0 saturated carbocycles. The maximum Gasteiger partial charge on any atom is 0.219 e. The van der Waals surface area contributed by atoms with E-state index in [1.807, 2.05) is 11.8 Å². The Morgan fingerprint density at radius 1 is 1.08 bits per heavy atom. The molecule has 0 aliphatic carbocycles. The van der Waals surface area contributed by atoms with Gasteiger partial charge in [-0.2, -0.15) is 0 Å². The highest BCUT2D eigenvalue weighted by atomic mass is 16.3. The van der Waals surface area contributed by atoms with Crippen LogP contribution in [-0.2, 0) is 24.2 Å². The number of amides is 1. The number of hydrogen-bond acceptors (Lipinski definition) is 7. The van der Waals surface area contributed by atoms with Crippen LogP contribution in [0.25, 0.3) is 21.9 Å². The molecule has 1 aromatic carbocycles. The fourth-order valence-electron chi connectivity index (χ4n) is 5.18. The van der Waals surface area contributed by atoms with E-state index < -0.39 is 5.41 Å². The Kier molecular flexibility index (Phi) is 8.67. The Balaban J connectivity index is 1.58. The molecule has 1 aliphatic heterocycles. The standard InChI is InChI=1S/C28H42N6O3/c1-4-5-8-24-31-25-26(34(24)17-28(3,18-35)19-36)22-10-9-21(16-23(22)30-27(25)29)7-6-11-32-12-14-33(15-13-32)20(2)37/h9-10,16,35-36H,4-8,11-15,17-19H2,1-3H3,(H2,29,30). The zero-order chi connectivity index (χ0) is 26.6. The van der Waals surface area contributed by atoms with E-state index in [0.29, 0.717) is 17.9 Å². The van der Waals surface area contributed by atoms with Gasteiger partial charge in [0.15, 0.2) is 5.82 Å². The molecular weight excluding hydrogens is 468 g/mol. The van der Waals surface area contributed by atoms with Gasteiger partial charge in [0, 0.05) is 56.9 Å². The number of benzene rings is 1. The Morgan fingerprint density at radius 2 is 1.81 bits per heavy atom. The third-order valence-corrected chi connectivity index (χ3v) is 7.66. The predicted molar refractivity (Wildman–Crippen MR) is 147 cm³/mol. The highest BCUT2D eigenvalue weighted by Crippen LogP contribution is 2.32. The van der Waals surface area contributed by atoms with Crippen LogP contribution in [0.4, 0.5) is 5.82 Å². The van der Waals surface area contributed by atoms with E-state index in [1.165, 1.54) is 5.56 Å². The molecule has 3 aromatic rings. The molecule has 9 heteroatoms. The Labute approximate surface area is 219 Å². The fourth-order valence-corrected chi connectivity index (χ4v) is 5.18. The number of rotatable bonds is 11. The summed E-state index contributed by atoms with van der Waals surface area (Å²) in [6.45, 7) is 10.4. The van der Waals surface area contributed by atoms with Crippen molar-refractivity contribution in [1.82, 2.24) is 24.3 Å². The van der Waals surface area contributed by atoms with E-state index in [1.54, 1.807) is 6.92 Å². The molecule has 37 heavy (non-hydrogen) atoms. The third kappa shape index (κ3) is 6.05. The van der Waals surface area contributed by atoms with Crippen LogP contribution in [0, 0.1) is 5.41 Å². The molecule has 0 atom stereocenters. The normalized spacial score (nSPS) is 15.2. The number of nitrogens with zero attached hydrogens (tertiary/aromatic N) is 5. The fraction of sp³-hybridized carbons (Fsp3) is 0.607. The lowest BCUT2D eigenvalue weighted by molar-refractivity contribution is -0.130. The first kappa shape index (κ1) is 27.3. The second-order valence-electron chi connectivity index (χ2n) is 10.8. The van der Waals surface area contributed by atoms with E-state index in [-0.39, 0.29) is 19.1 Å². The van der Waals surface area contributed by atoms with Crippen LogP contribution in [0.2, 0.25) is 0 Å². The van der Waals surface area contributed by atoms with Crippen LogP contribution < -0.4 is 5.73 Å². The summed E-state index contributed by atoms with van der Waals surface area (Å²) in [4.78, 5) is 25.5. The van der Waals surface area contributed by atoms with E-state index in [0.717, 1.165) is 87.1 Å². The largest absolute Gasteiger partial charge is 0.396 e. The number of nitrogen functional groups attached to an aromatic ring is 1. The van der Waals surface area contributed by atoms with Crippen molar-refractivity contribution in [2.24, 2.45) is 5.41 Å². The number of carbonyl (C=O) groups excluding carboxylic acids is 1. The topological polar surface area (TPSA) is 121 Å². The number of piperazine rings is 1. The SMILES string of the molecule is CCCCc1nc2c(N)nc3cc(CCCN4CCN(C(C)=O)CC4)ccc3c2n1CC(C)(CO)CO. The molecular formula is C28H42N6O3. The van der Waals surface area contributed by atoms with Crippen LogP contribution in [0.5, 0.6) is 0 Å². The van der Waals surface area contributed by atoms with Crippen molar-refractivity contribution in [2.45, 2.75) is 59.4 Å². The van der Waals surface area contributed by atoms with Crippen molar-refractivity contribution in [2.75, 3.05) is 51.7 Å². The van der Waals surface area contributed by atoms with Gasteiger partial charge in [-0.25, -0.2) is 9.97 Å². The highest BCUT2D eigenvalue weighted by molar-refractivity contribution is 6.06. The van der Waals surface area contributed by atoms with E-state index >= 15 is 0 Å². The van der Waals surface area contributed by atoms with E-state index in [9.17, 15) is 15.0 Å². The number of nitrogens with two attached hydrogens (primary N) is 1. The molecule has 1 aliphatic rings. The zero-order valence-electron chi connectivity index (χ0n) is 22.5. The van der Waals surface area contributed by atoms with Crippen molar-refractivity contribution in [1.29, 1.82) is 0 Å². The third-order valence-electron chi connectivity index (χ3n) is 7.66. The minimum Gasteiger partial charge on any atom is -0.396 e. The van der Waals surface area contributed by atoms with Crippen molar-refractivity contribution in [3.63, 3.8) is 0 Å². The molecule has 1 fully saturated rings. The molecule has 9 nitrogen and oxygen atoms in total. The lowest BCUT2D eigenvalue weighted by Gasteiger charge is -2.34. The van der Waals surface area contributed by atoms with Gasteiger partial charge in [-0.1, -0.05) is 32.4 Å². The number of carbonyl (C=O) groups is 1. The molecule has 1 amide bonds. The van der Waals surface area contributed by atoms with Gasteiger partial charge < -0.3 is 25.4 Å². The Hall–Kier alpha value is -2.75. The zero-order valence-corrected chi connectivity index (χ0v) is 22.5. The average Bonchev–Trinajstić information content (AvgIpc) is 3.26. The number of pyridine rings is 1. The van der Waals surface area contributed by atoms with Crippen LogP contribution in [0.1, 0.15) is 51.4 Å². The summed E-state index contributed by atoms with van der Waals surface area (Å²) in [6, 6.07) is 6.40. The maximum absolute atomic E-state index is 11.6. The first-order valence-electron chi connectivity index (χ1n) is 13.6. The molecule has 0 spiro atoms. The summed E-state index contributed by atoms with van der Waals surface area (Å²) in [6.07, 6.45) is 4.82. The second kappa shape index (κ2) is 11.8. The quantitative estimate of drug-likeness (QED) is 0.363. The van der Waals surface area contributed by atoms with Crippen LogP contribution >= 0.6 is 0 Å². The molecule has 0 radical (unpaired) electrons. The van der Waals surface area contributed by atoms with Gasteiger partial charge in [0.05, 0.1) is 24.2 Å². The van der Waals surface area contributed by atoms with Gasteiger partial charge in [0.25, 0.3) is 0 Å². The molecule has 0 unspecified atom stereocenters. The lowest BCUT2D eigenvalue weighted by Crippen LogP contribution is -2.48. The monoisotopic (exact) mass is 510 g/mol. The van der Waals surface area contributed by atoms with Crippen LogP contribution in [0.3, 0.4) is 0 Å². The number of hydrogen-bond donors (Lipinski definition) is 3. The molecule has 1 saturated heterocycles. The minimum absolute atomic E-state index is 0.122. The summed E-state index contributed by atoms with van der Waals surface area (Å²) in [5.74, 6) is 1.49. The highest BCUT2D eigenvalue weighted by Gasteiger charge is 2.27. The van der Waals surface area contributed by atoms with Crippen molar-refractivity contribution in [3.8, 4) is 0 Å². The number of anilines is 1. The van der Waals surface area contributed by atoms with Crippen LogP contribution in [0.15, 0.2) is 18.2 Å². The molecule has 202 valence electrons. The van der Waals surface area contributed by atoms with Gasteiger partial charge >= 0.3 is 0 Å². The van der Waals surface area contributed by atoms with Gasteiger partial charge in [-0.05, 0) is 37.4 Å². The van der Waals surface area contributed by atoms with E-state index in [4.69, 9.17) is 15.7 Å². The van der Waals surface area contributed by atoms with Crippen molar-refractivity contribution < 1.29 is 15.0 Å². The Bertz CT molecular complexity index is 1230. The summed E-state index contributed by atoms with van der Waals surface area (Å²) in [5.41, 5.74) is 9.43. The van der Waals surface area contributed by atoms with Crippen LogP contribution in [-0.4, -0.2) is 86.4 Å². The minimum atomic E-state index is -0.672. The number of aliphatic hydroxyl groups is 2. The number of aliphatic hydroxyl groups excluding tert-OH is 2. The molecule has 2 aromatic heterocycles. The summed E-state index contributed by atoms with van der Waals surface area (Å²) in [5, 5.41) is 21.0.